The number of carboxylic acid groups (broad SMARTS) is 1. The highest BCUT2D eigenvalue weighted by Crippen LogP contribution is 2.22. The zero-order valence-electron chi connectivity index (χ0n) is 7.45. The van der Waals surface area contributed by atoms with Gasteiger partial charge in [-0.05, 0) is 16.6 Å². The summed E-state index contributed by atoms with van der Waals surface area (Å²) < 4.78 is 4.75. The number of aromatic nitrogens is 2. The number of thiophene rings is 1. The van der Waals surface area contributed by atoms with Gasteiger partial charge in [0.2, 0.25) is 5.89 Å². The van der Waals surface area contributed by atoms with E-state index in [1.165, 1.54) is 11.3 Å². The fourth-order valence-electron chi connectivity index (χ4n) is 1.04. The van der Waals surface area contributed by atoms with Gasteiger partial charge in [-0.1, -0.05) is 6.07 Å². The third kappa shape index (κ3) is 1.88. The molecule has 0 radical (unpaired) electrons. The largest absolute Gasteiger partial charge is 0.475 e. The zero-order chi connectivity index (χ0) is 10.8. The van der Waals surface area contributed by atoms with Crippen molar-refractivity contribution >= 4 is 17.3 Å². The number of nitrogens with two attached hydrogens (primary N) is 1. The third-order valence-electron chi connectivity index (χ3n) is 1.75. The minimum Gasteiger partial charge on any atom is -0.475 e. The molecular formula is C8H7N3O3S. The van der Waals surface area contributed by atoms with Crippen molar-refractivity contribution in [1.82, 2.24) is 10.1 Å². The average molecular weight is 225 g/mol. The molecule has 7 heteroatoms. The smallest absolute Gasteiger partial charge is 0.377 e. The number of hydrogen-bond acceptors (Lipinski definition) is 6. The summed E-state index contributed by atoms with van der Waals surface area (Å²) in [5.74, 6) is -1.50. The second-order valence-corrected chi connectivity index (χ2v) is 3.73. The Morgan fingerprint density at radius 3 is 3.00 bits per heavy atom. The normalized spacial score (nSPS) is 12.6. The Labute approximate surface area is 88.3 Å². The van der Waals surface area contributed by atoms with Gasteiger partial charge in [-0.25, -0.2) is 4.79 Å². The molecule has 2 rings (SSSR count). The van der Waals surface area contributed by atoms with Crippen molar-refractivity contribution in [3.8, 4) is 0 Å². The van der Waals surface area contributed by atoms with Crippen LogP contribution in [0.4, 0.5) is 0 Å². The molecular weight excluding hydrogens is 218 g/mol. The van der Waals surface area contributed by atoms with E-state index in [1.54, 1.807) is 0 Å². The van der Waals surface area contributed by atoms with E-state index in [9.17, 15) is 4.79 Å². The molecule has 78 valence electrons. The van der Waals surface area contributed by atoms with E-state index in [2.05, 4.69) is 10.1 Å². The van der Waals surface area contributed by atoms with Crippen molar-refractivity contribution in [3.63, 3.8) is 0 Å². The van der Waals surface area contributed by atoms with Gasteiger partial charge in [-0.3, -0.25) is 0 Å². The number of carboxylic acids is 1. The van der Waals surface area contributed by atoms with Gasteiger partial charge >= 0.3 is 5.97 Å². The Bertz CT molecular complexity index is 465. The van der Waals surface area contributed by atoms with Gasteiger partial charge in [0.25, 0.3) is 5.82 Å². The van der Waals surface area contributed by atoms with Gasteiger partial charge in [0, 0.05) is 4.88 Å². The van der Waals surface area contributed by atoms with E-state index in [4.69, 9.17) is 15.4 Å². The fraction of sp³-hybridized carbons (Fsp3) is 0.125. The summed E-state index contributed by atoms with van der Waals surface area (Å²) in [4.78, 5) is 15.0. The van der Waals surface area contributed by atoms with Gasteiger partial charge in [-0.2, -0.15) is 4.98 Å². The first-order valence-electron chi connectivity index (χ1n) is 4.04. The Kier molecular flexibility index (Phi) is 2.48. The summed E-state index contributed by atoms with van der Waals surface area (Å²) in [5.41, 5.74) is 5.80. The SMILES string of the molecule is NC(c1nc(C(=O)O)no1)c1cccs1. The zero-order valence-corrected chi connectivity index (χ0v) is 8.27. The lowest BCUT2D eigenvalue weighted by molar-refractivity contribution is 0.0680. The van der Waals surface area contributed by atoms with E-state index in [0.29, 0.717) is 0 Å². The molecule has 0 amide bonds. The molecule has 2 heterocycles. The number of rotatable bonds is 3. The number of hydrogen-bond donors (Lipinski definition) is 2. The maximum atomic E-state index is 10.5. The average Bonchev–Trinajstić information content (AvgIpc) is 2.88. The molecule has 3 N–H and O–H groups in total. The molecule has 2 aromatic heterocycles. The Morgan fingerprint density at radius 2 is 2.47 bits per heavy atom. The van der Waals surface area contributed by atoms with Crippen LogP contribution in [-0.4, -0.2) is 21.2 Å². The molecule has 0 aliphatic carbocycles. The highest BCUT2D eigenvalue weighted by atomic mass is 32.1. The first-order valence-corrected chi connectivity index (χ1v) is 4.92. The summed E-state index contributed by atoms with van der Waals surface area (Å²) in [6.45, 7) is 0. The lowest BCUT2D eigenvalue weighted by Gasteiger charge is -2.01. The molecule has 0 saturated heterocycles. The highest BCUT2D eigenvalue weighted by molar-refractivity contribution is 7.10. The Balaban J connectivity index is 2.26. The van der Waals surface area contributed by atoms with Crippen LogP contribution in [0.25, 0.3) is 0 Å². The van der Waals surface area contributed by atoms with E-state index in [-0.39, 0.29) is 11.7 Å². The Hall–Kier alpha value is -1.73. The van der Waals surface area contributed by atoms with Crippen LogP contribution in [0.5, 0.6) is 0 Å². The van der Waals surface area contributed by atoms with Gasteiger partial charge in [0.1, 0.15) is 6.04 Å². The molecule has 6 nitrogen and oxygen atoms in total. The molecule has 0 fully saturated rings. The summed E-state index contributed by atoms with van der Waals surface area (Å²) in [7, 11) is 0. The van der Waals surface area contributed by atoms with Crippen LogP contribution in [0, 0.1) is 0 Å². The summed E-state index contributed by atoms with van der Waals surface area (Å²) >= 11 is 1.44. The summed E-state index contributed by atoms with van der Waals surface area (Å²) in [5, 5.41) is 13.7. The predicted molar refractivity (Wildman–Crippen MR) is 51.6 cm³/mol. The number of aromatic carboxylic acids is 1. The summed E-state index contributed by atoms with van der Waals surface area (Å²) in [6.07, 6.45) is 0. The van der Waals surface area contributed by atoms with Gasteiger partial charge in [0.15, 0.2) is 0 Å². The molecule has 1 atom stereocenters. The standard InChI is InChI=1S/C8H7N3O3S/c9-5(4-2-1-3-15-4)7-10-6(8(12)13)11-14-7/h1-3,5H,9H2,(H,12,13). The second kappa shape index (κ2) is 3.79. The minimum atomic E-state index is -1.23. The van der Waals surface area contributed by atoms with Crippen molar-refractivity contribution in [2.45, 2.75) is 6.04 Å². The van der Waals surface area contributed by atoms with Crippen LogP contribution in [0.1, 0.15) is 27.4 Å². The van der Waals surface area contributed by atoms with Crippen LogP contribution in [0.2, 0.25) is 0 Å². The molecule has 15 heavy (non-hydrogen) atoms. The lowest BCUT2D eigenvalue weighted by atomic mass is 10.2. The van der Waals surface area contributed by atoms with Crippen molar-refractivity contribution in [2.75, 3.05) is 0 Å². The minimum absolute atomic E-state index is 0.106. The molecule has 2 aromatic rings. The molecule has 0 aliphatic heterocycles. The van der Waals surface area contributed by atoms with Crippen LogP contribution < -0.4 is 5.73 Å². The quantitative estimate of drug-likeness (QED) is 0.803. The summed E-state index contributed by atoms with van der Waals surface area (Å²) in [6, 6.07) is 3.10. The van der Waals surface area contributed by atoms with E-state index in [0.717, 1.165) is 4.88 Å². The maximum absolute atomic E-state index is 10.5. The molecule has 0 bridgehead atoms. The predicted octanol–water partition coefficient (Wildman–Crippen LogP) is 0.877. The van der Waals surface area contributed by atoms with Crippen LogP contribution >= 0.6 is 11.3 Å². The van der Waals surface area contributed by atoms with Crippen molar-refractivity contribution in [3.05, 3.63) is 34.1 Å². The fourth-order valence-corrected chi connectivity index (χ4v) is 1.76. The van der Waals surface area contributed by atoms with Crippen molar-refractivity contribution in [1.29, 1.82) is 0 Å². The number of carbonyl (C=O) groups is 1. The van der Waals surface area contributed by atoms with Crippen LogP contribution in [0.15, 0.2) is 22.0 Å². The molecule has 1 unspecified atom stereocenters. The Morgan fingerprint density at radius 1 is 1.67 bits per heavy atom. The topological polar surface area (TPSA) is 102 Å². The van der Waals surface area contributed by atoms with E-state index < -0.39 is 12.0 Å². The van der Waals surface area contributed by atoms with E-state index >= 15 is 0 Å². The highest BCUT2D eigenvalue weighted by Gasteiger charge is 2.20. The second-order valence-electron chi connectivity index (χ2n) is 2.75. The molecule has 0 aromatic carbocycles. The lowest BCUT2D eigenvalue weighted by Crippen LogP contribution is -2.11. The van der Waals surface area contributed by atoms with Gasteiger partial charge in [0.05, 0.1) is 0 Å². The monoisotopic (exact) mass is 225 g/mol. The third-order valence-corrected chi connectivity index (χ3v) is 2.70. The van der Waals surface area contributed by atoms with Crippen LogP contribution in [-0.2, 0) is 0 Å². The first-order chi connectivity index (χ1) is 7.18. The van der Waals surface area contributed by atoms with Crippen LogP contribution in [0.3, 0.4) is 0 Å². The molecule has 0 spiro atoms. The van der Waals surface area contributed by atoms with Crippen molar-refractivity contribution in [2.24, 2.45) is 5.73 Å². The number of nitrogens with zero attached hydrogens (tertiary/aromatic N) is 2. The maximum Gasteiger partial charge on any atom is 0.377 e. The van der Waals surface area contributed by atoms with E-state index in [1.807, 2.05) is 17.5 Å². The molecule has 0 saturated carbocycles. The molecule has 0 aliphatic rings. The van der Waals surface area contributed by atoms with Crippen molar-refractivity contribution < 1.29 is 14.4 Å². The van der Waals surface area contributed by atoms with Gasteiger partial charge < -0.3 is 15.4 Å². The van der Waals surface area contributed by atoms with Gasteiger partial charge in [-0.15, -0.1) is 11.3 Å². The first kappa shape index (κ1) is 9.81.